The van der Waals surface area contributed by atoms with Crippen molar-refractivity contribution in [1.82, 2.24) is 10.2 Å². The third kappa shape index (κ3) is 7.26. The summed E-state index contributed by atoms with van der Waals surface area (Å²) in [5.41, 5.74) is 4.31. The van der Waals surface area contributed by atoms with Crippen LogP contribution < -0.4 is 5.32 Å². The summed E-state index contributed by atoms with van der Waals surface area (Å²) in [5, 5.41) is 12.8. The zero-order valence-electron chi connectivity index (χ0n) is 18.3. The van der Waals surface area contributed by atoms with Gasteiger partial charge in [-0.25, -0.2) is 0 Å². The normalized spacial score (nSPS) is 10.7. The van der Waals surface area contributed by atoms with E-state index in [0.29, 0.717) is 6.54 Å². The summed E-state index contributed by atoms with van der Waals surface area (Å²) >= 11 is 0. The molecule has 0 aromatic heterocycles. The summed E-state index contributed by atoms with van der Waals surface area (Å²) < 4.78 is 0. The van der Waals surface area contributed by atoms with Crippen LogP contribution in [-0.4, -0.2) is 36.1 Å². The standard InChI is InChI=1S/C27H32N2O2/c1-29(20-8-7-11-22-9-3-2-4-10-22)27(31)26-13-6-5-12-24(26)21-28-19-18-23-14-16-25(30)17-15-23/h2-6,9-10,12-17,28,30H,7-8,11,18-21H2,1H3. The first-order chi connectivity index (χ1) is 15.1. The number of phenols is 1. The van der Waals surface area contributed by atoms with Crippen LogP contribution in [0.3, 0.4) is 0 Å². The third-order valence-corrected chi connectivity index (χ3v) is 5.49. The van der Waals surface area contributed by atoms with Crippen LogP contribution in [0.15, 0.2) is 78.9 Å². The molecule has 0 aliphatic carbocycles. The van der Waals surface area contributed by atoms with Crippen LogP contribution in [0, 0.1) is 0 Å². The van der Waals surface area contributed by atoms with Gasteiger partial charge in [-0.15, -0.1) is 0 Å². The fraction of sp³-hybridized carbons (Fsp3) is 0.296. The number of unbranched alkanes of at least 4 members (excludes halogenated alkanes) is 1. The molecule has 162 valence electrons. The fourth-order valence-electron chi connectivity index (χ4n) is 3.63. The van der Waals surface area contributed by atoms with Gasteiger partial charge in [0.05, 0.1) is 0 Å². The van der Waals surface area contributed by atoms with E-state index in [1.54, 1.807) is 12.1 Å². The molecule has 1 amide bonds. The largest absolute Gasteiger partial charge is 0.508 e. The average molecular weight is 417 g/mol. The second-order valence-electron chi connectivity index (χ2n) is 7.92. The molecule has 0 fully saturated rings. The smallest absolute Gasteiger partial charge is 0.253 e. The van der Waals surface area contributed by atoms with Crippen LogP contribution in [0.2, 0.25) is 0 Å². The molecule has 0 aliphatic rings. The van der Waals surface area contributed by atoms with Crippen LogP contribution in [-0.2, 0) is 19.4 Å². The number of hydrogen-bond donors (Lipinski definition) is 2. The number of amides is 1. The molecule has 0 spiro atoms. The molecule has 4 heteroatoms. The second-order valence-corrected chi connectivity index (χ2v) is 7.92. The summed E-state index contributed by atoms with van der Waals surface area (Å²) in [7, 11) is 1.89. The van der Waals surface area contributed by atoms with Gasteiger partial charge in [-0.3, -0.25) is 4.79 Å². The Hall–Kier alpha value is -3.11. The lowest BCUT2D eigenvalue weighted by Gasteiger charge is -2.19. The molecule has 0 saturated carbocycles. The first-order valence-electron chi connectivity index (χ1n) is 11.0. The number of nitrogens with one attached hydrogen (secondary N) is 1. The molecule has 0 unspecified atom stereocenters. The maximum absolute atomic E-state index is 13.0. The zero-order valence-corrected chi connectivity index (χ0v) is 18.3. The molecule has 31 heavy (non-hydrogen) atoms. The van der Waals surface area contributed by atoms with Crippen LogP contribution in [0.4, 0.5) is 0 Å². The van der Waals surface area contributed by atoms with Gasteiger partial charge >= 0.3 is 0 Å². The topological polar surface area (TPSA) is 52.6 Å². The summed E-state index contributed by atoms with van der Waals surface area (Å²) in [4.78, 5) is 14.8. The van der Waals surface area contributed by atoms with Gasteiger partial charge in [0.1, 0.15) is 5.75 Å². The quantitative estimate of drug-likeness (QED) is 0.441. The lowest BCUT2D eigenvalue weighted by Crippen LogP contribution is -2.29. The summed E-state index contributed by atoms with van der Waals surface area (Å²) in [6.07, 6.45) is 3.98. The number of nitrogens with zero attached hydrogens (tertiary/aromatic N) is 1. The number of aromatic hydroxyl groups is 1. The highest BCUT2D eigenvalue weighted by atomic mass is 16.3. The number of aryl methyl sites for hydroxylation is 1. The molecule has 0 atom stereocenters. The van der Waals surface area contributed by atoms with E-state index in [1.165, 1.54) is 11.1 Å². The van der Waals surface area contributed by atoms with Crippen molar-refractivity contribution in [1.29, 1.82) is 0 Å². The molecule has 3 aromatic rings. The van der Waals surface area contributed by atoms with Crippen molar-refractivity contribution in [2.45, 2.75) is 32.2 Å². The first-order valence-corrected chi connectivity index (χ1v) is 11.0. The molecule has 0 aliphatic heterocycles. The lowest BCUT2D eigenvalue weighted by atomic mass is 10.1. The van der Waals surface area contributed by atoms with E-state index in [1.807, 2.05) is 54.4 Å². The Bertz CT molecular complexity index is 939. The van der Waals surface area contributed by atoms with Gasteiger partial charge < -0.3 is 15.3 Å². The van der Waals surface area contributed by atoms with E-state index >= 15 is 0 Å². The van der Waals surface area contributed by atoms with Crippen molar-refractivity contribution in [3.05, 3.63) is 101 Å². The van der Waals surface area contributed by atoms with Crippen LogP contribution in [0.5, 0.6) is 5.75 Å². The Balaban J connectivity index is 1.45. The van der Waals surface area contributed by atoms with E-state index in [2.05, 4.69) is 29.6 Å². The minimum Gasteiger partial charge on any atom is -0.508 e. The summed E-state index contributed by atoms with van der Waals surface area (Å²) in [5.74, 6) is 0.365. The maximum Gasteiger partial charge on any atom is 0.253 e. The average Bonchev–Trinajstić information content (AvgIpc) is 2.81. The molecule has 0 radical (unpaired) electrons. The van der Waals surface area contributed by atoms with Gasteiger partial charge in [-0.05, 0) is 67.1 Å². The Kier molecular flexibility index (Phi) is 8.68. The van der Waals surface area contributed by atoms with Crippen LogP contribution in [0.25, 0.3) is 0 Å². The SMILES string of the molecule is CN(CCCCc1ccccc1)C(=O)c1ccccc1CNCCc1ccc(O)cc1. The van der Waals surface area contributed by atoms with E-state index < -0.39 is 0 Å². The molecule has 2 N–H and O–H groups in total. The molecular weight excluding hydrogens is 384 g/mol. The zero-order chi connectivity index (χ0) is 21.9. The molecule has 4 nitrogen and oxygen atoms in total. The van der Waals surface area contributed by atoms with Gasteiger partial charge in [0.15, 0.2) is 0 Å². The van der Waals surface area contributed by atoms with Gasteiger partial charge in [0.2, 0.25) is 0 Å². The monoisotopic (exact) mass is 416 g/mol. The minimum atomic E-state index is 0.0793. The highest BCUT2D eigenvalue weighted by Gasteiger charge is 2.15. The molecule has 0 heterocycles. The van der Waals surface area contributed by atoms with Crippen LogP contribution >= 0.6 is 0 Å². The van der Waals surface area contributed by atoms with Crippen molar-refractivity contribution < 1.29 is 9.90 Å². The maximum atomic E-state index is 13.0. The van der Waals surface area contributed by atoms with Crippen LogP contribution in [0.1, 0.15) is 39.9 Å². The summed E-state index contributed by atoms with van der Waals surface area (Å²) in [6, 6.07) is 25.6. The fourth-order valence-corrected chi connectivity index (χ4v) is 3.63. The van der Waals surface area contributed by atoms with Crippen molar-refractivity contribution in [2.75, 3.05) is 20.1 Å². The summed E-state index contributed by atoms with van der Waals surface area (Å²) in [6.45, 7) is 2.22. The Morgan fingerprint density at radius 1 is 0.839 bits per heavy atom. The molecule has 3 rings (SSSR count). The Morgan fingerprint density at radius 2 is 1.52 bits per heavy atom. The van der Waals surface area contributed by atoms with Crippen molar-refractivity contribution in [2.24, 2.45) is 0 Å². The molecule has 0 saturated heterocycles. The third-order valence-electron chi connectivity index (χ3n) is 5.49. The molecule has 3 aromatic carbocycles. The van der Waals surface area contributed by atoms with Gasteiger partial charge in [-0.2, -0.15) is 0 Å². The van der Waals surface area contributed by atoms with Crippen molar-refractivity contribution >= 4 is 5.91 Å². The number of hydrogen-bond acceptors (Lipinski definition) is 3. The van der Waals surface area contributed by atoms with Crippen molar-refractivity contribution in [3.63, 3.8) is 0 Å². The predicted molar refractivity (Wildman–Crippen MR) is 126 cm³/mol. The Labute approximate surface area is 185 Å². The number of phenolic OH excluding ortho intramolecular Hbond substituents is 1. The number of benzene rings is 3. The lowest BCUT2D eigenvalue weighted by molar-refractivity contribution is 0.0791. The second kappa shape index (κ2) is 11.9. The molecular formula is C27H32N2O2. The first kappa shape index (κ1) is 22.6. The number of rotatable bonds is 11. The van der Waals surface area contributed by atoms with E-state index in [-0.39, 0.29) is 11.7 Å². The Morgan fingerprint density at radius 3 is 2.29 bits per heavy atom. The van der Waals surface area contributed by atoms with Gasteiger partial charge in [0, 0.05) is 25.7 Å². The highest BCUT2D eigenvalue weighted by molar-refractivity contribution is 5.95. The number of carbonyl (C=O) groups excluding carboxylic acids is 1. The van der Waals surface area contributed by atoms with Gasteiger partial charge in [-0.1, -0.05) is 60.7 Å². The van der Waals surface area contributed by atoms with E-state index in [4.69, 9.17) is 0 Å². The van der Waals surface area contributed by atoms with E-state index in [9.17, 15) is 9.90 Å². The number of carbonyl (C=O) groups is 1. The van der Waals surface area contributed by atoms with Gasteiger partial charge in [0.25, 0.3) is 5.91 Å². The van der Waals surface area contributed by atoms with Crippen molar-refractivity contribution in [3.8, 4) is 5.75 Å². The molecule has 0 bridgehead atoms. The highest BCUT2D eigenvalue weighted by Crippen LogP contribution is 2.13. The predicted octanol–water partition coefficient (Wildman–Crippen LogP) is 4.82. The minimum absolute atomic E-state index is 0.0793. The van der Waals surface area contributed by atoms with E-state index in [0.717, 1.165) is 49.9 Å².